The summed E-state index contributed by atoms with van der Waals surface area (Å²) >= 11 is 0. The predicted octanol–water partition coefficient (Wildman–Crippen LogP) is 5.31. The van der Waals surface area contributed by atoms with Crippen molar-refractivity contribution in [3.63, 3.8) is 0 Å². The van der Waals surface area contributed by atoms with Gasteiger partial charge < -0.3 is 15.1 Å². The number of carbonyl (C=O) groups excluding carboxylic acids is 1. The first-order valence-electron chi connectivity index (χ1n) is 10.8. The van der Waals surface area contributed by atoms with Crippen molar-refractivity contribution in [3.05, 3.63) is 42.3 Å². The molecule has 160 valence electrons. The maximum atomic E-state index is 12.9. The molecule has 1 aliphatic heterocycles. The molecule has 1 N–H and O–H groups in total. The van der Waals surface area contributed by atoms with E-state index in [1.807, 2.05) is 39.1 Å². The Bertz CT molecular complexity index is 786. The van der Waals surface area contributed by atoms with Gasteiger partial charge in [-0.15, -0.1) is 0 Å². The minimum atomic E-state index is -0.185. The maximum Gasteiger partial charge on any atom is 0.249 e. The van der Waals surface area contributed by atoms with Crippen molar-refractivity contribution in [2.24, 2.45) is 0 Å². The number of hydrogen-bond acceptors (Lipinski definition) is 5. The summed E-state index contributed by atoms with van der Waals surface area (Å²) in [4.78, 5) is 26.1. The van der Waals surface area contributed by atoms with Crippen molar-refractivity contribution in [3.8, 4) is 0 Å². The summed E-state index contributed by atoms with van der Waals surface area (Å²) in [5.41, 5.74) is 1.72. The number of allylic oxidation sites excluding steroid dienone is 5. The molecule has 0 aromatic carbocycles. The molecule has 3 rings (SSSR count). The summed E-state index contributed by atoms with van der Waals surface area (Å²) in [6, 6.07) is 0.0871. The Kier molecular flexibility index (Phi) is 8.43. The Hall–Kier alpha value is -2.63. The molecule has 0 radical (unpaired) electrons. The molecular weight excluding hydrogens is 362 g/mol. The second-order valence-corrected chi connectivity index (χ2v) is 6.91. The van der Waals surface area contributed by atoms with Gasteiger partial charge in [-0.05, 0) is 37.8 Å². The first kappa shape index (κ1) is 22.7. The Balaban J connectivity index is 0.00000146. The van der Waals surface area contributed by atoms with E-state index in [4.69, 9.17) is 4.98 Å². The van der Waals surface area contributed by atoms with Crippen molar-refractivity contribution in [2.75, 3.05) is 22.2 Å². The zero-order chi connectivity index (χ0) is 21.4. The molecule has 1 aromatic rings. The minimum Gasteiger partial charge on any atom is -0.340 e. The van der Waals surface area contributed by atoms with E-state index in [1.54, 1.807) is 11.1 Å². The molecule has 0 bridgehead atoms. The average Bonchev–Trinajstić information content (AvgIpc) is 3.02. The van der Waals surface area contributed by atoms with Crippen LogP contribution in [0.5, 0.6) is 0 Å². The van der Waals surface area contributed by atoms with E-state index in [2.05, 4.69) is 48.1 Å². The van der Waals surface area contributed by atoms with Crippen LogP contribution in [0.3, 0.4) is 0 Å². The fourth-order valence-electron chi connectivity index (χ4n) is 3.73. The standard InChI is InChI=1S/C21H29N5O.C2H6.H2/c1-5-16(6-2)26-17(7-3)20(27)25(4)18-14-22-21(24-19(18)26)23-15-12-10-8-9-11-13-15;1-2;/h8,10-14,16-17H,5-7,9H2,1-4H3,(H,22,23,24);1-2H3;1H/t17-;;/m1../s1. The minimum absolute atomic E-state index is 0. The molecule has 0 unspecified atom stereocenters. The first-order valence-corrected chi connectivity index (χ1v) is 10.8. The van der Waals surface area contributed by atoms with Crippen molar-refractivity contribution in [1.29, 1.82) is 0 Å². The number of amides is 1. The highest BCUT2D eigenvalue weighted by atomic mass is 16.2. The summed E-state index contributed by atoms with van der Waals surface area (Å²) in [7, 11) is 1.81. The maximum absolute atomic E-state index is 12.9. The van der Waals surface area contributed by atoms with Gasteiger partial charge in [-0.25, -0.2) is 4.98 Å². The average molecular weight is 400 g/mol. The molecular formula is C23H37N5O. The van der Waals surface area contributed by atoms with E-state index < -0.39 is 0 Å². The number of carbonyl (C=O) groups is 1. The molecule has 1 atom stereocenters. The first-order chi connectivity index (χ1) is 14.1. The lowest BCUT2D eigenvalue weighted by molar-refractivity contribution is -0.120. The second kappa shape index (κ2) is 10.8. The van der Waals surface area contributed by atoms with E-state index in [-0.39, 0.29) is 19.4 Å². The summed E-state index contributed by atoms with van der Waals surface area (Å²) in [6.45, 7) is 10.4. The van der Waals surface area contributed by atoms with Gasteiger partial charge in [0.1, 0.15) is 11.7 Å². The third-order valence-corrected chi connectivity index (χ3v) is 5.27. The number of nitrogens with one attached hydrogen (secondary N) is 1. The Morgan fingerprint density at radius 1 is 1.24 bits per heavy atom. The largest absolute Gasteiger partial charge is 0.340 e. The number of fused-ring (bicyclic) bond motifs is 1. The van der Waals surface area contributed by atoms with Crippen LogP contribution in [-0.2, 0) is 4.79 Å². The van der Waals surface area contributed by atoms with Crippen LogP contribution >= 0.6 is 0 Å². The number of likely N-dealkylation sites (N-methyl/N-ethyl adjacent to an activating group) is 1. The number of hydrogen-bond donors (Lipinski definition) is 1. The smallest absolute Gasteiger partial charge is 0.249 e. The zero-order valence-electron chi connectivity index (χ0n) is 18.6. The highest BCUT2D eigenvalue weighted by Gasteiger charge is 2.39. The van der Waals surface area contributed by atoms with Crippen LogP contribution in [0, 0.1) is 0 Å². The molecule has 6 heteroatoms. The number of aromatic nitrogens is 2. The Morgan fingerprint density at radius 2 is 1.97 bits per heavy atom. The van der Waals surface area contributed by atoms with E-state index in [0.717, 1.165) is 42.9 Å². The topological polar surface area (TPSA) is 61.4 Å². The Labute approximate surface area is 176 Å². The quantitative estimate of drug-likeness (QED) is 0.702. The van der Waals surface area contributed by atoms with Gasteiger partial charge in [0.05, 0.1) is 6.20 Å². The SMILES string of the molecule is CC.CCC(CC)N1c2nc(NC3=CC=CCC=C3)ncc2N(C)C(=O)[C@H]1CC.[HH]. The number of anilines is 3. The van der Waals surface area contributed by atoms with Gasteiger partial charge >= 0.3 is 0 Å². The molecule has 2 heterocycles. The third kappa shape index (κ3) is 4.86. The van der Waals surface area contributed by atoms with E-state index in [9.17, 15) is 4.79 Å². The van der Waals surface area contributed by atoms with Gasteiger partial charge in [0.15, 0.2) is 5.82 Å². The van der Waals surface area contributed by atoms with Gasteiger partial charge in [0.2, 0.25) is 11.9 Å². The zero-order valence-corrected chi connectivity index (χ0v) is 18.6. The molecule has 1 amide bonds. The monoisotopic (exact) mass is 399 g/mol. The van der Waals surface area contributed by atoms with E-state index in [1.165, 1.54) is 0 Å². The summed E-state index contributed by atoms with van der Waals surface area (Å²) in [6.07, 6.45) is 15.6. The molecule has 0 spiro atoms. The molecule has 0 saturated heterocycles. The second-order valence-electron chi connectivity index (χ2n) is 6.91. The van der Waals surface area contributed by atoms with Crippen molar-refractivity contribution < 1.29 is 6.22 Å². The lowest BCUT2D eigenvalue weighted by Crippen LogP contribution is -2.56. The summed E-state index contributed by atoms with van der Waals surface area (Å²) in [5, 5.41) is 3.30. The van der Waals surface area contributed by atoms with Gasteiger partial charge in [0.25, 0.3) is 0 Å². The van der Waals surface area contributed by atoms with Gasteiger partial charge in [-0.2, -0.15) is 4.98 Å². The molecule has 1 aliphatic carbocycles. The predicted molar refractivity (Wildman–Crippen MR) is 124 cm³/mol. The lowest BCUT2D eigenvalue weighted by Gasteiger charge is -2.44. The van der Waals surface area contributed by atoms with E-state index >= 15 is 0 Å². The summed E-state index contributed by atoms with van der Waals surface area (Å²) in [5.74, 6) is 1.50. The van der Waals surface area contributed by atoms with Crippen LogP contribution in [-0.4, -0.2) is 35.0 Å². The van der Waals surface area contributed by atoms with Crippen LogP contribution in [0.15, 0.2) is 42.3 Å². The molecule has 0 saturated carbocycles. The van der Waals surface area contributed by atoms with Crippen LogP contribution in [0.4, 0.5) is 17.5 Å². The fourth-order valence-corrected chi connectivity index (χ4v) is 3.73. The van der Waals surface area contributed by atoms with Gasteiger partial charge in [-0.3, -0.25) is 4.79 Å². The van der Waals surface area contributed by atoms with Crippen molar-refractivity contribution in [2.45, 2.75) is 72.4 Å². The van der Waals surface area contributed by atoms with Gasteiger partial charge in [-0.1, -0.05) is 52.8 Å². The summed E-state index contributed by atoms with van der Waals surface area (Å²) < 4.78 is 0. The van der Waals surface area contributed by atoms with Crippen LogP contribution in [0.1, 0.15) is 61.7 Å². The normalized spacial score (nSPS) is 18.1. The molecule has 1 aromatic heterocycles. The highest BCUT2D eigenvalue weighted by Crippen LogP contribution is 2.37. The van der Waals surface area contributed by atoms with Crippen molar-refractivity contribution >= 4 is 23.4 Å². The number of nitrogens with zero attached hydrogens (tertiary/aromatic N) is 4. The van der Waals surface area contributed by atoms with E-state index in [0.29, 0.717) is 5.95 Å². The van der Waals surface area contributed by atoms with Gasteiger partial charge in [0, 0.05) is 20.2 Å². The molecule has 0 fully saturated rings. The fraction of sp³-hybridized carbons (Fsp3) is 0.522. The Morgan fingerprint density at radius 3 is 2.62 bits per heavy atom. The number of rotatable bonds is 6. The van der Waals surface area contributed by atoms with Crippen LogP contribution in [0.25, 0.3) is 0 Å². The molecule has 2 aliphatic rings. The molecule has 6 nitrogen and oxygen atoms in total. The van der Waals surface area contributed by atoms with Crippen molar-refractivity contribution in [1.82, 2.24) is 9.97 Å². The lowest BCUT2D eigenvalue weighted by atomic mass is 10.0. The third-order valence-electron chi connectivity index (χ3n) is 5.27. The van der Waals surface area contributed by atoms with Crippen LogP contribution in [0.2, 0.25) is 0 Å². The highest BCUT2D eigenvalue weighted by molar-refractivity contribution is 6.04. The van der Waals surface area contributed by atoms with Crippen LogP contribution < -0.4 is 15.1 Å². The molecule has 29 heavy (non-hydrogen) atoms.